The predicted octanol–water partition coefficient (Wildman–Crippen LogP) is 3.79. The van der Waals surface area contributed by atoms with Crippen LogP contribution >= 0.6 is 23.2 Å². The molecule has 0 spiro atoms. The maximum Gasteiger partial charge on any atom is 0.160 e. The standard InChI is InChI=1S/C12H22Cl2O2/c13-7-9-15-12(16-10-8-14)11-5-3-1-2-4-6-11/h11-12H,1-10H2. The van der Waals surface area contributed by atoms with Crippen molar-refractivity contribution in [3.8, 4) is 0 Å². The van der Waals surface area contributed by atoms with E-state index in [0.717, 1.165) is 0 Å². The van der Waals surface area contributed by atoms with Gasteiger partial charge in [-0.05, 0) is 12.8 Å². The first-order valence-electron chi connectivity index (χ1n) is 6.23. The quantitative estimate of drug-likeness (QED) is 0.397. The average molecular weight is 269 g/mol. The van der Waals surface area contributed by atoms with Crippen LogP contribution in [-0.2, 0) is 9.47 Å². The molecule has 0 radical (unpaired) electrons. The Morgan fingerprint density at radius 3 is 1.81 bits per heavy atom. The molecule has 16 heavy (non-hydrogen) atoms. The van der Waals surface area contributed by atoms with Crippen LogP contribution in [0.1, 0.15) is 38.5 Å². The molecule has 2 nitrogen and oxygen atoms in total. The highest BCUT2D eigenvalue weighted by Crippen LogP contribution is 2.27. The maximum absolute atomic E-state index is 5.68. The van der Waals surface area contributed by atoms with Gasteiger partial charge >= 0.3 is 0 Å². The fourth-order valence-electron chi connectivity index (χ4n) is 2.22. The zero-order valence-corrected chi connectivity index (χ0v) is 11.3. The maximum atomic E-state index is 5.68. The Balaban J connectivity index is 2.37. The predicted molar refractivity (Wildman–Crippen MR) is 68.3 cm³/mol. The van der Waals surface area contributed by atoms with Gasteiger partial charge in [0.15, 0.2) is 6.29 Å². The van der Waals surface area contributed by atoms with Crippen molar-refractivity contribution in [3.63, 3.8) is 0 Å². The Kier molecular flexibility index (Phi) is 8.67. The SMILES string of the molecule is ClCCOC(OCCCl)C1CCCCCC1. The van der Waals surface area contributed by atoms with Crippen molar-refractivity contribution in [1.29, 1.82) is 0 Å². The van der Waals surface area contributed by atoms with Gasteiger partial charge in [0.1, 0.15) is 0 Å². The van der Waals surface area contributed by atoms with E-state index in [1.165, 1.54) is 38.5 Å². The van der Waals surface area contributed by atoms with Crippen LogP contribution in [0.3, 0.4) is 0 Å². The summed E-state index contributed by atoms with van der Waals surface area (Å²) in [5, 5.41) is 0. The van der Waals surface area contributed by atoms with Crippen LogP contribution < -0.4 is 0 Å². The Morgan fingerprint density at radius 1 is 0.875 bits per heavy atom. The molecule has 4 heteroatoms. The molecule has 0 aromatic carbocycles. The van der Waals surface area contributed by atoms with Crippen LogP contribution in [0.15, 0.2) is 0 Å². The normalized spacial score (nSPS) is 18.9. The van der Waals surface area contributed by atoms with Gasteiger partial charge in [-0.15, -0.1) is 23.2 Å². The first-order chi connectivity index (χ1) is 7.88. The lowest BCUT2D eigenvalue weighted by Crippen LogP contribution is -2.28. The van der Waals surface area contributed by atoms with Crippen LogP contribution in [0.25, 0.3) is 0 Å². The number of hydrogen-bond acceptors (Lipinski definition) is 2. The Morgan fingerprint density at radius 2 is 1.38 bits per heavy atom. The second-order valence-corrected chi connectivity index (χ2v) is 5.00. The zero-order valence-electron chi connectivity index (χ0n) is 9.80. The molecular formula is C12H22Cl2O2. The minimum Gasteiger partial charge on any atom is -0.351 e. The molecule has 0 aliphatic heterocycles. The minimum absolute atomic E-state index is 0.101. The van der Waals surface area contributed by atoms with Crippen molar-refractivity contribution in [2.24, 2.45) is 5.92 Å². The van der Waals surface area contributed by atoms with E-state index in [0.29, 0.717) is 30.9 Å². The summed E-state index contributed by atoms with van der Waals surface area (Å²) >= 11 is 11.3. The van der Waals surface area contributed by atoms with Crippen molar-refractivity contribution in [3.05, 3.63) is 0 Å². The molecule has 1 saturated carbocycles. The Labute approximate surface area is 109 Å². The van der Waals surface area contributed by atoms with Gasteiger partial charge in [-0.2, -0.15) is 0 Å². The molecule has 0 unspecified atom stereocenters. The molecule has 0 aromatic heterocycles. The van der Waals surface area contributed by atoms with E-state index < -0.39 is 0 Å². The third-order valence-corrected chi connectivity index (χ3v) is 3.31. The fourth-order valence-corrected chi connectivity index (χ4v) is 2.40. The van der Waals surface area contributed by atoms with E-state index in [1.807, 2.05) is 0 Å². The molecule has 0 N–H and O–H groups in total. The number of hydrogen-bond donors (Lipinski definition) is 0. The van der Waals surface area contributed by atoms with Crippen molar-refractivity contribution >= 4 is 23.2 Å². The van der Waals surface area contributed by atoms with Gasteiger partial charge in [-0.25, -0.2) is 0 Å². The number of rotatable bonds is 7. The number of ether oxygens (including phenoxy) is 2. The first kappa shape index (κ1) is 14.6. The number of alkyl halides is 2. The lowest BCUT2D eigenvalue weighted by molar-refractivity contribution is -0.168. The van der Waals surface area contributed by atoms with E-state index in [4.69, 9.17) is 32.7 Å². The summed E-state index contributed by atoms with van der Waals surface area (Å²) in [7, 11) is 0. The van der Waals surface area contributed by atoms with Gasteiger partial charge in [0.05, 0.1) is 13.2 Å². The third-order valence-electron chi connectivity index (χ3n) is 3.00. The van der Waals surface area contributed by atoms with Crippen LogP contribution in [0, 0.1) is 5.92 Å². The molecule has 0 amide bonds. The van der Waals surface area contributed by atoms with Gasteiger partial charge in [-0.3, -0.25) is 0 Å². The first-order valence-corrected chi connectivity index (χ1v) is 7.30. The van der Waals surface area contributed by atoms with Crippen LogP contribution in [0.5, 0.6) is 0 Å². The zero-order chi connectivity index (χ0) is 11.6. The molecule has 1 aliphatic rings. The molecule has 1 aliphatic carbocycles. The van der Waals surface area contributed by atoms with Gasteiger partial charge in [0.25, 0.3) is 0 Å². The van der Waals surface area contributed by atoms with Crippen molar-refractivity contribution in [1.82, 2.24) is 0 Å². The Bertz CT molecular complexity index is 151. The lowest BCUT2D eigenvalue weighted by atomic mass is 10.00. The minimum atomic E-state index is -0.101. The molecule has 0 bridgehead atoms. The summed E-state index contributed by atoms with van der Waals surface area (Å²) in [6.07, 6.45) is 7.56. The summed E-state index contributed by atoms with van der Waals surface area (Å²) in [4.78, 5) is 0. The summed E-state index contributed by atoms with van der Waals surface area (Å²) in [5.41, 5.74) is 0. The second-order valence-electron chi connectivity index (χ2n) is 4.24. The molecule has 1 fully saturated rings. The van der Waals surface area contributed by atoms with Crippen molar-refractivity contribution in [2.45, 2.75) is 44.8 Å². The molecular weight excluding hydrogens is 247 g/mol. The molecule has 96 valence electrons. The number of halogens is 2. The van der Waals surface area contributed by atoms with Crippen LogP contribution in [-0.4, -0.2) is 31.3 Å². The third kappa shape index (κ3) is 5.72. The van der Waals surface area contributed by atoms with Gasteiger partial charge in [0, 0.05) is 17.7 Å². The highest BCUT2D eigenvalue weighted by Gasteiger charge is 2.23. The largest absolute Gasteiger partial charge is 0.351 e. The highest BCUT2D eigenvalue weighted by molar-refractivity contribution is 6.18. The van der Waals surface area contributed by atoms with E-state index >= 15 is 0 Å². The molecule has 0 heterocycles. The van der Waals surface area contributed by atoms with Gasteiger partial charge in [0.2, 0.25) is 0 Å². The van der Waals surface area contributed by atoms with Crippen LogP contribution in [0.2, 0.25) is 0 Å². The van der Waals surface area contributed by atoms with E-state index in [1.54, 1.807) is 0 Å². The summed E-state index contributed by atoms with van der Waals surface area (Å²) in [6, 6.07) is 0. The molecule has 0 atom stereocenters. The van der Waals surface area contributed by atoms with E-state index in [2.05, 4.69) is 0 Å². The van der Waals surface area contributed by atoms with Crippen molar-refractivity contribution in [2.75, 3.05) is 25.0 Å². The monoisotopic (exact) mass is 268 g/mol. The van der Waals surface area contributed by atoms with Gasteiger partial charge in [-0.1, -0.05) is 25.7 Å². The summed E-state index contributed by atoms with van der Waals surface area (Å²) in [5.74, 6) is 1.56. The van der Waals surface area contributed by atoms with Crippen LogP contribution in [0.4, 0.5) is 0 Å². The fraction of sp³-hybridized carbons (Fsp3) is 1.00. The topological polar surface area (TPSA) is 18.5 Å². The smallest absolute Gasteiger partial charge is 0.160 e. The van der Waals surface area contributed by atoms with Crippen molar-refractivity contribution < 1.29 is 9.47 Å². The summed E-state index contributed by atoms with van der Waals surface area (Å²) in [6.45, 7) is 1.12. The lowest BCUT2D eigenvalue weighted by Gasteiger charge is -2.26. The molecule has 1 rings (SSSR count). The van der Waals surface area contributed by atoms with E-state index in [-0.39, 0.29) is 6.29 Å². The Hall–Kier alpha value is 0.500. The summed E-state index contributed by atoms with van der Waals surface area (Å²) < 4.78 is 11.4. The second kappa shape index (κ2) is 9.52. The molecule has 0 saturated heterocycles. The molecule has 0 aromatic rings. The van der Waals surface area contributed by atoms with Gasteiger partial charge < -0.3 is 9.47 Å². The average Bonchev–Trinajstić information content (AvgIpc) is 2.58. The van der Waals surface area contributed by atoms with E-state index in [9.17, 15) is 0 Å². The highest BCUT2D eigenvalue weighted by atomic mass is 35.5.